The maximum Gasteiger partial charge on any atom is 0.356 e. The van der Waals surface area contributed by atoms with Crippen LogP contribution in [-0.4, -0.2) is 27.5 Å². The Labute approximate surface area is 109 Å². The second-order valence-corrected chi connectivity index (χ2v) is 3.98. The van der Waals surface area contributed by atoms with Gasteiger partial charge in [-0.15, -0.1) is 0 Å². The van der Waals surface area contributed by atoms with Crippen LogP contribution < -0.4 is 4.74 Å². The van der Waals surface area contributed by atoms with E-state index in [9.17, 15) is 9.18 Å². The number of carboxylic acids is 1. The van der Waals surface area contributed by atoms with Crippen LogP contribution in [0.15, 0.2) is 30.3 Å². The molecule has 2 aromatic rings. The Bertz CT molecular complexity index is 595. The Balaban J connectivity index is 1.96. The maximum atomic E-state index is 13.3. The summed E-state index contributed by atoms with van der Waals surface area (Å²) in [5.41, 5.74) is 0.706. The third kappa shape index (κ3) is 3.09. The number of halogens is 1. The number of aryl methyl sites for hydroxylation is 1. The largest absolute Gasteiger partial charge is 0.490 e. The van der Waals surface area contributed by atoms with E-state index in [1.165, 1.54) is 16.8 Å². The molecule has 0 atom stereocenters. The Hall–Kier alpha value is -2.37. The lowest BCUT2D eigenvalue weighted by Crippen LogP contribution is -2.06. The summed E-state index contributed by atoms with van der Waals surface area (Å²) in [4.78, 5) is 10.7. The van der Waals surface area contributed by atoms with E-state index >= 15 is 0 Å². The lowest BCUT2D eigenvalue weighted by Gasteiger charge is -2.06. The van der Waals surface area contributed by atoms with Gasteiger partial charge in [-0.2, -0.15) is 5.10 Å². The van der Waals surface area contributed by atoms with Crippen LogP contribution in [0.2, 0.25) is 0 Å². The fraction of sp³-hybridized carbons (Fsp3) is 0.231. The van der Waals surface area contributed by atoms with Gasteiger partial charge in [0.05, 0.1) is 6.61 Å². The van der Waals surface area contributed by atoms with Crippen molar-refractivity contribution in [2.45, 2.75) is 6.42 Å². The smallest absolute Gasteiger partial charge is 0.356 e. The average molecular weight is 264 g/mol. The summed E-state index contributed by atoms with van der Waals surface area (Å²) in [6.07, 6.45) is 0.450. The van der Waals surface area contributed by atoms with Crippen LogP contribution >= 0.6 is 0 Å². The Morgan fingerprint density at radius 3 is 2.84 bits per heavy atom. The molecule has 0 fully saturated rings. The van der Waals surface area contributed by atoms with Crippen molar-refractivity contribution in [3.8, 4) is 5.75 Å². The zero-order valence-corrected chi connectivity index (χ0v) is 10.3. The summed E-state index contributed by atoms with van der Waals surface area (Å²) in [6, 6.07) is 7.61. The first kappa shape index (κ1) is 13.1. The molecule has 1 heterocycles. The molecular weight excluding hydrogens is 251 g/mol. The predicted molar refractivity (Wildman–Crippen MR) is 65.8 cm³/mol. The molecule has 0 saturated heterocycles. The van der Waals surface area contributed by atoms with Crippen molar-refractivity contribution >= 4 is 5.97 Å². The number of benzene rings is 1. The molecule has 100 valence electrons. The van der Waals surface area contributed by atoms with Gasteiger partial charge in [-0.3, -0.25) is 4.68 Å². The first-order valence-electron chi connectivity index (χ1n) is 5.71. The van der Waals surface area contributed by atoms with Gasteiger partial charge in [0.2, 0.25) is 0 Å². The van der Waals surface area contributed by atoms with Crippen LogP contribution in [0.25, 0.3) is 0 Å². The van der Waals surface area contributed by atoms with Gasteiger partial charge in [0.1, 0.15) is 0 Å². The fourth-order valence-corrected chi connectivity index (χ4v) is 1.67. The topological polar surface area (TPSA) is 64.4 Å². The van der Waals surface area contributed by atoms with Crippen molar-refractivity contribution in [1.29, 1.82) is 0 Å². The molecule has 0 bridgehead atoms. The molecule has 6 heteroatoms. The maximum absolute atomic E-state index is 13.3. The van der Waals surface area contributed by atoms with E-state index in [1.54, 1.807) is 25.2 Å². The van der Waals surface area contributed by atoms with E-state index in [1.807, 2.05) is 0 Å². The van der Waals surface area contributed by atoms with Crippen molar-refractivity contribution in [2.75, 3.05) is 6.61 Å². The number of aromatic nitrogens is 2. The summed E-state index contributed by atoms with van der Waals surface area (Å²) in [6.45, 7) is 0.250. The number of hydrogen-bond acceptors (Lipinski definition) is 3. The minimum Gasteiger partial charge on any atom is -0.490 e. The molecule has 0 aliphatic carbocycles. The number of nitrogens with zero attached hydrogens (tertiary/aromatic N) is 2. The van der Waals surface area contributed by atoms with Gasteiger partial charge in [0, 0.05) is 19.2 Å². The third-order valence-electron chi connectivity index (χ3n) is 2.65. The second-order valence-electron chi connectivity index (χ2n) is 3.98. The van der Waals surface area contributed by atoms with Crippen molar-refractivity contribution in [3.05, 3.63) is 47.5 Å². The number of hydrogen-bond donors (Lipinski definition) is 1. The van der Waals surface area contributed by atoms with Crippen molar-refractivity contribution in [2.24, 2.45) is 7.05 Å². The molecule has 5 nitrogen and oxygen atoms in total. The molecule has 0 amide bonds. The van der Waals surface area contributed by atoms with E-state index in [0.717, 1.165) is 0 Å². The highest BCUT2D eigenvalue weighted by Crippen LogP contribution is 2.15. The molecule has 0 aliphatic heterocycles. The number of carbonyl (C=O) groups is 1. The average Bonchev–Trinajstić information content (AvgIpc) is 2.74. The summed E-state index contributed by atoms with van der Waals surface area (Å²) in [7, 11) is 1.66. The van der Waals surface area contributed by atoms with Gasteiger partial charge >= 0.3 is 5.97 Å². The highest BCUT2D eigenvalue weighted by atomic mass is 19.1. The van der Waals surface area contributed by atoms with E-state index in [2.05, 4.69) is 5.10 Å². The second kappa shape index (κ2) is 5.51. The quantitative estimate of drug-likeness (QED) is 0.895. The molecular formula is C13H13FN2O3. The van der Waals surface area contributed by atoms with Gasteiger partial charge < -0.3 is 9.84 Å². The first-order chi connectivity index (χ1) is 9.08. The fourth-order valence-electron chi connectivity index (χ4n) is 1.67. The van der Waals surface area contributed by atoms with Gasteiger partial charge in [-0.1, -0.05) is 12.1 Å². The highest BCUT2D eigenvalue weighted by molar-refractivity contribution is 5.85. The number of carboxylic acid groups (broad SMARTS) is 1. The minimum atomic E-state index is -1.07. The molecule has 19 heavy (non-hydrogen) atoms. The van der Waals surface area contributed by atoms with Gasteiger partial charge in [-0.25, -0.2) is 9.18 Å². The summed E-state index contributed by atoms with van der Waals surface area (Å²) >= 11 is 0. The SMILES string of the molecule is Cn1nc(C(=O)O)cc1CCOc1ccccc1F. The minimum absolute atomic E-state index is 0.0107. The molecule has 1 aromatic heterocycles. The Morgan fingerprint density at radius 1 is 1.47 bits per heavy atom. The van der Waals surface area contributed by atoms with Gasteiger partial charge in [0.15, 0.2) is 17.3 Å². The van der Waals surface area contributed by atoms with Crippen LogP contribution in [0.4, 0.5) is 4.39 Å². The monoisotopic (exact) mass is 264 g/mol. The normalized spacial score (nSPS) is 10.4. The molecule has 2 rings (SSSR count). The predicted octanol–water partition coefficient (Wildman–Crippen LogP) is 1.88. The summed E-state index contributed by atoms with van der Waals surface area (Å²) < 4.78 is 20.1. The standard InChI is InChI=1S/C13H13FN2O3/c1-16-9(8-11(15-16)13(17)18)6-7-19-12-5-3-2-4-10(12)14/h2-5,8H,6-7H2,1H3,(H,17,18). The number of rotatable bonds is 5. The van der Waals surface area contributed by atoms with Gasteiger partial charge in [-0.05, 0) is 18.2 Å². The Kier molecular flexibility index (Phi) is 3.79. The summed E-state index contributed by atoms with van der Waals surface area (Å²) in [5, 5.41) is 12.6. The van der Waals surface area contributed by atoms with E-state index < -0.39 is 11.8 Å². The van der Waals surface area contributed by atoms with Crippen molar-refractivity contribution in [3.63, 3.8) is 0 Å². The molecule has 1 N–H and O–H groups in total. The molecule has 0 radical (unpaired) electrons. The van der Waals surface area contributed by atoms with Crippen LogP contribution in [0.1, 0.15) is 16.2 Å². The molecule has 1 aromatic carbocycles. The van der Waals surface area contributed by atoms with Crippen LogP contribution in [0.5, 0.6) is 5.75 Å². The van der Waals surface area contributed by atoms with Gasteiger partial charge in [0.25, 0.3) is 0 Å². The number of para-hydroxylation sites is 1. The number of ether oxygens (including phenoxy) is 1. The van der Waals surface area contributed by atoms with Crippen molar-refractivity contribution in [1.82, 2.24) is 9.78 Å². The molecule has 0 aliphatic rings. The van der Waals surface area contributed by atoms with E-state index in [-0.39, 0.29) is 18.1 Å². The van der Waals surface area contributed by atoms with Crippen LogP contribution in [0, 0.1) is 5.82 Å². The van der Waals surface area contributed by atoms with Crippen molar-refractivity contribution < 1.29 is 19.0 Å². The molecule has 0 spiro atoms. The first-order valence-corrected chi connectivity index (χ1v) is 5.71. The van der Waals surface area contributed by atoms with Crippen LogP contribution in [0.3, 0.4) is 0 Å². The lowest BCUT2D eigenvalue weighted by molar-refractivity contribution is 0.0689. The lowest BCUT2D eigenvalue weighted by atomic mass is 10.3. The number of aromatic carboxylic acids is 1. The van der Waals surface area contributed by atoms with Crippen LogP contribution in [-0.2, 0) is 13.5 Å². The zero-order chi connectivity index (χ0) is 13.8. The summed E-state index contributed by atoms with van der Waals surface area (Å²) in [5.74, 6) is -1.31. The highest BCUT2D eigenvalue weighted by Gasteiger charge is 2.11. The van der Waals surface area contributed by atoms with E-state index in [4.69, 9.17) is 9.84 Å². The zero-order valence-electron chi connectivity index (χ0n) is 10.3. The third-order valence-corrected chi connectivity index (χ3v) is 2.65. The molecule has 0 unspecified atom stereocenters. The Morgan fingerprint density at radius 2 is 2.21 bits per heavy atom. The van der Waals surface area contributed by atoms with E-state index in [0.29, 0.717) is 12.1 Å². The molecule has 0 saturated carbocycles.